The van der Waals surface area contributed by atoms with E-state index in [2.05, 4.69) is 10.6 Å². The molecule has 9 heteroatoms. The highest BCUT2D eigenvalue weighted by atomic mass is 16.4. The molecule has 0 saturated carbocycles. The van der Waals surface area contributed by atoms with Gasteiger partial charge >= 0.3 is 18.0 Å². The van der Waals surface area contributed by atoms with Gasteiger partial charge in [0.1, 0.15) is 6.04 Å². The molecular formula is C13H24N4O5. The Morgan fingerprint density at radius 3 is 2.64 bits per heavy atom. The van der Waals surface area contributed by atoms with E-state index in [0.29, 0.717) is 38.9 Å². The third-order valence-electron chi connectivity index (χ3n) is 3.51. The molecule has 6 N–H and O–H groups in total. The summed E-state index contributed by atoms with van der Waals surface area (Å²) in [5.74, 6) is -1.89. The van der Waals surface area contributed by atoms with Crippen LogP contribution < -0.4 is 16.4 Å². The van der Waals surface area contributed by atoms with Crippen LogP contribution in [0.3, 0.4) is 0 Å². The second kappa shape index (κ2) is 9.21. The molecule has 1 heterocycles. The van der Waals surface area contributed by atoms with E-state index in [1.165, 1.54) is 0 Å². The van der Waals surface area contributed by atoms with E-state index in [1.807, 2.05) is 0 Å². The zero-order valence-corrected chi connectivity index (χ0v) is 12.5. The number of hydrogen-bond acceptors (Lipinski definition) is 5. The number of nitrogens with two attached hydrogens (primary N) is 1. The number of carbonyl (C=O) groups is 3. The fourth-order valence-corrected chi connectivity index (χ4v) is 2.34. The molecule has 1 aliphatic heterocycles. The van der Waals surface area contributed by atoms with Crippen molar-refractivity contribution in [3.8, 4) is 0 Å². The molecule has 0 aromatic carbocycles. The lowest BCUT2D eigenvalue weighted by Crippen LogP contribution is -2.44. The second-order valence-electron chi connectivity index (χ2n) is 5.46. The summed E-state index contributed by atoms with van der Waals surface area (Å²) in [4.78, 5) is 34.5. The molecule has 0 bridgehead atoms. The minimum atomic E-state index is -1.02. The van der Waals surface area contributed by atoms with Crippen molar-refractivity contribution >= 4 is 18.0 Å². The Kier molecular flexibility index (Phi) is 7.61. The van der Waals surface area contributed by atoms with Gasteiger partial charge in [-0.3, -0.25) is 14.5 Å². The largest absolute Gasteiger partial charge is 0.480 e. The average Bonchev–Trinajstić information content (AvgIpc) is 2.84. The number of urea groups is 1. The van der Waals surface area contributed by atoms with Crippen LogP contribution in [0.1, 0.15) is 25.7 Å². The summed E-state index contributed by atoms with van der Waals surface area (Å²) in [6, 6.07) is -1.18. The number of hydrogen-bond donors (Lipinski definition) is 5. The minimum absolute atomic E-state index is 0.0103. The van der Waals surface area contributed by atoms with Gasteiger partial charge < -0.3 is 26.6 Å². The number of nitrogens with zero attached hydrogens (tertiary/aromatic N) is 1. The highest BCUT2D eigenvalue weighted by Gasteiger charge is 2.24. The van der Waals surface area contributed by atoms with Crippen LogP contribution in [-0.4, -0.2) is 71.3 Å². The first-order valence-electron chi connectivity index (χ1n) is 7.35. The summed E-state index contributed by atoms with van der Waals surface area (Å²) >= 11 is 0. The van der Waals surface area contributed by atoms with E-state index in [1.54, 1.807) is 4.90 Å². The van der Waals surface area contributed by atoms with Crippen LogP contribution >= 0.6 is 0 Å². The Bertz CT molecular complexity index is 404. The molecule has 9 nitrogen and oxygen atoms in total. The number of amides is 2. The lowest BCUT2D eigenvalue weighted by atomic mass is 10.1. The summed E-state index contributed by atoms with van der Waals surface area (Å²) in [6.07, 6.45) is 2.40. The molecule has 2 amide bonds. The standard InChI is InChI=1S/C13H24N4O5/c14-10(12(20)21)3-1-2-5-15-13(22)16-9-4-6-17(7-9)8-11(18)19/h9-10H,1-8,14H2,(H,18,19)(H,20,21)(H2,15,16,22)/t9-,10-/m1/s1. The van der Waals surface area contributed by atoms with Crippen LogP contribution in [-0.2, 0) is 9.59 Å². The van der Waals surface area contributed by atoms with E-state index in [9.17, 15) is 14.4 Å². The Morgan fingerprint density at radius 2 is 2.00 bits per heavy atom. The van der Waals surface area contributed by atoms with Crippen molar-refractivity contribution in [3.63, 3.8) is 0 Å². The van der Waals surface area contributed by atoms with Crippen molar-refractivity contribution in [2.45, 2.75) is 37.8 Å². The maximum Gasteiger partial charge on any atom is 0.320 e. The van der Waals surface area contributed by atoms with E-state index in [-0.39, 0.29) is 18.6 Å². The maximum absolute atomic E-state index is 11.7. The van der Waals surface area contributed by atoms with Gasteiger partial charge in [0.15, 0.2) is 0 Å². The molecule has 1 saturated heterocycles. The van der Waals surface area contributed by atoms with Crippen molar-refractivity contribution in [1.82, 2.24) is 15.5 Å². The van der Waals surface area contributed by atoms with Crippen molar-refractivity contribution in [2.24, 2.45) is 5.73 Å². The normalized spacial score (nSPS) is 19.6. The highest BCUT2D eigenvalue weighted by Crippen LogP contribution is 2.08. The number of unbranched alkanes of at least 4 members (excludes halogenated alkanes) is 1. The third-order valence-corrected chi connectivity index (χ3v) is 3.51. The fourth-order valence-electron chi connectivity index (χ4n) is 2.34. The second-order valence-corrected chi connectivity index (χ2v) is 5.46. The molecule has 2 atom stereocenters. The smallest absolute Gasteiger partial charge is 0.320 e. The van der Waals surface area contributed by atoms with E-state index >= 15 is 0 Å². The third kappa shape index (κ3) is 7.23. The van der Waals surface area contributed by atoms with E-state index < -0.39 is 18.0 Å². The molecule has 1 aliphatic rings. The summed E-state index contributed by atoms with van der Waals surface area (Å²) in [5.41, 5.74) is 5.37. The van der Waals surface area contributed by atoms with Crippen LogP contribution in [0.5, 0.6) is 0 Å². The molecule has 0 radical (unpaired) electrons. The van der Waals surface area contributed by atoms with Gasteiger partial charge in [0.25, 0.3) is 0 Å². The highest BCUT2D eigenvalue weighted by molar-refractivity contribution is 5.74. The Hall–Kier alpha value is -1.87. The van der Waals surface area contributed by atoms with Crippen molar-refractivity contribution < 1.29 is 24.6 Å². The van der Waals surface area contributed by atoms with E-state index in [4.69, 9.17) is 15.9 Å². The lowest BCUT2D eigenvalue weighted by molar-refractivity contribution is -0.139. The van der Waals surface area contributed by atoms with Crippen molar-refractivity contribution in [2.75, 3.05) is 26.2 Å². The predicted molar refractivity (Wildman–Crippen MR) is 78.5 cm³/mol. The molecule has 0 spiro atoms. The van der Waals surface area contributed by atoms with Crippen LogP contribution in [0.15, 0.2) is 0 Å². The zero-order chi connectivity index (χ0) is 16.5. The fraction of sp³-hybridized carbons (Fsp3) is 0.769. The summed E-state index contributed by atoms with van der Waals surface area (Å²) < 4.78 is 0. The molecule has 0 aromatic heterocycles. The molecule has 0 unspecified atom stereocenters. The van der Waals surface area contributed by atoms with Crippen LogP contribution in [0.2, 0.25) is 0 Å². The Morgan fingerprint density at radius 1 is 1.27 bits per heavy atom. The van der Waals surface area contributed by atoms with Crippen molar-refractivity contribution in [1.29, 1.82) is 0 Å². The van der Waals surface area contributed by atoms with Gasteiger partial charge in [-0.15, -0.1) is 0 Å². The number of rotatable bonds is 9. The maximum atomic E-state index is 11.7. The van der Waals surface area contributed by atoms with Gasteiger partial charge in [0, 0.05) is 25.7 Å². The monoisotopic (exact) mass is 316 g/mol. The molecule has 22 heavy (non-hydrogen) atoms. The SMILES string of the molecule is N[C@H](CCCCNC(=O)N[C@@H]1CCN(CC(=O)O)C1)C(=O)O. The number of likely N-dealkylation sites (tertiary alicyclic amines) is 1. The van der Waals surface area contributed by atoms with Crippen LogP contribution in [0.4, 0.5) is 4.79 Å². The first kappa shape index (κ1) is 18.2. The van der Waals surface area contributed by atoms with Crippen LogP contribution in [0, 0.1) is 0 Å². The number of aliphatic carboxylic acids is 2. The minimum Gasteiger partial charge on any atom is -0.480 e. The molecule has 1 rings (SSSR count). The predicted octanol–water partition coefficient (Wildman–Crippen LogP) is -0.973. The number of carbonyl (C=O) groups excluding carboxylic acids is 1. The van der Waals surface area contributed by atoms with Gasteiger partial charge in [-0.25, -0.2) is 4.79 Å². The number of nitrogens with one attached hydrogen (secondary N) is 2. The first-order chi connectivity index (χ1) is 10.4. The van der Waals surface area contributed by atoms with Crippen molar-refractivity contribution in [3.05, 3.63) is 0 Å². The first-order valence-corrected chi connectivity index (χ1v) is 7.35. The van der Waals surface area contributed by atoms with Crippen LogP contribution in [0.25, 0.3) is 0 Å². The summed E-state index contributed by atoms with van der Waals surface area (Å²) in [5, 5.41) is 22.8. The van der Waals surface area contributed by atoms with E-state index in [0.717, 1.165) is 6.42 Å². The number of carboxylic acids is 2. The number of carboxylic acid groups (broad SMARTS) is 2. The van der Waals surface area contributed by atoms with Gasteiger partial charge in [-0.1, -0.05) is 0 Å². The van der Waals surface area contributed by atoms with Gasteiger partial charge in [0.05, 0.1) is 6.54 Å². The molecule has 0 aliphatic carbocycles. The molecule has 1 fully saturated rings. The van der Waals surface area contributed by atoms with Gasteiger partial charge in [0.2, 0.25) is 0 Å². The Balaban J connectivity index is 2.07. The zero-order valence-electron chi connectivity index (χ0n) is 12.5. The topological polar surface area (TPSA) is 145 Å². The molecular weight excluding hydrogens is 292 g/mol. The Labute approximate surface area is 128 Å². The van der Waals surface area contributed by atoms with Gasteiger partial charge in [-0.05, 0) is 25.7 Å². The summed E-state index contributed by atoms with van der Waals surface area (Å²) in [7, 11) is 0. The summed E-state index contributed by atoms with van der Waals surface area (Å²) in [6.45, 7) is 1.63. The molecule has 0 aromatic rings. The van der Waals surface area contributed by atoms with Gasteiger partial charge in [-0.2, -0.15) is 0 Å². The molecule has 126 valence electrons. The lowest BCUT2D eigenvalue weighted by Gasteiger charge is -2.15. The average molecular weight is 316 g/mol. The quantitative estimate of drug-likeness (QED) is 0.344.